The van der Waals surface area contributed by atoms with Crippen LogP contribution in [0.2, 0.25) is 0 Å². The molecule has 0 aliphatic heterocycles. The molecule has 3 aromatic carbocycles. The molecule has 0 fully saturated rings. The second kappa shape index (κ2) is 10.8. The van der Waals surface area contributed by atoms with Gasteiger partial charge in [0.15, 0.2) is 18.1 Å². The quantitative estimate of drug-likeness (QED) is 0.332. The van der Waals surface area contributed by atoms with E-state index in [1.54, 1.807) is 43.4 Å². The zero-order chi connectivity index (χ0) is 25.7. The zero-order valence-corrected chi connectivity index (χ0v) is 20.5. The van der Waals surface area contributed by atoms with Crippen molar-refractivity contribution in [3.05, 3.63) is 78.4 Å². The van der Waals surface area contributed by atoms with E-state index in [9.17, 15) is 9.59 Å². The highest BCUT2D eigenvalue weighted by Gasteiger charge is 2.20. The van der Waals surface area contributed by atoms with Crippen LogP contribution in [0.5, 0.6) is 17.2 Å². The van der Waals surface area contributed by atoms with E-state index in [2.05, 4.69) is 0 Å². The molecule has 0 N–H and O–H groups in total. The Kier molecular flexibility index (Phi) is 7.34. The third-order valence-corrected chi connectivity index (χ3v) is 5.74. The molecule has 4 rings (SSSR count). The number of carbonyl (C=O) groups excluding carboxylic acids is 2. The van der Waals surface area contributed by atoms with E-state index in [-0.39, 0.29) is 5.91 Å². The first-order chi connectivity index (χ1) is 17.5. The van der Waals surface area contributed by atoms with Gasteiger partial charge in [-0.1, -0.05) is 36.4 Å². The molecule has 0 spiro atoms. The number of carbonyl (C=O) groups is 2. The molecule has 1 amide bonds. The number of hydrogen-bond donors (Lipinski definition) is 0. The van der Waals surface area contributed by atoms with Crippen LogP contribution < -0.4 is 19.1 Å². The average molecular weight is 487 g/mol. The normalized spacial score (nSPS) is 10.6. The average Bonchev–Trinajstić information content (AvgIpc) is 2.94. The minimum atomic E-state index is -0.628. The maximum absolute atomic E-state index is 13.2. The van der Waals surface area contributed by atoms with Crippen molar-refractivity contribution in [3.8, 4) is 28.5 Å². The molecule has 0 bridgehead atoms. The molecule has 0 radical (unpaired) electrons. The van der Waals surface area contributed by atoms with Crippen molar-refractivity contribution < 1.29 is 28.5 Å². The Morgan fingerprint density at radius 3 is 2.11 bits per heavy atom. The third kappa shape index (κ3) is 4.93. The molecule has 0 atom stereocenters. The van der Waals surface area contributed by atoms with Crippen molar-refractivity contribution in [2.24, 2.45) is 0 Å². The second-order valence-corrected chi connectivity index (χ2v) is 7.85. The van der Waals surface area contributed by atoms with Gasteiger partial charge in [0.05, 0.1) is 38.1 Å². The van der Waals surface area contributed by atoms with Crippen LogP contribution in [0.1, 0.15) is 10.4 Å². The highest BCUT2D eigenvalue weighted by Crippen LogP contribution is 2.41. The predicted octanol–water partition coefficient (Wildman–Crippen LogP) is 4.75. The molecule has 0 unspecified atom stereocenters. The number of anilines is 1. The smallest absolute Gasteiger partial charge is 0.339 e. The maximum Gasteiger partial charge on any atom is 0.339 e. The Bertz CT molecular complexity index is 1380. The number of methoxy groups -OCH3 is 3. The Labute approximate surface area is 209 Å². The summed E-state index contributed by atoms with van der Waals surface area (Å²) in [5, 5.41) is 0.613. The van der Waals surface area contributed by atoms with Gasteiger partial charge in [-0.2, -0.15) is 0 Å². The van der Waals surface area contributed by atoms with Gasteiger partial charge in [0.2, 0.25) is 5.75 Å². The van der Waals surface area contributed by atoms with Crippen molar-refractivity contribution >= 4 is 28.5 Å². The number of nitrogens with zero attached hydrogens (tertiary/aromatic N) is 2. The van der Waals surface area contributed by atoms with Gasteiger partial charge >= 0.3 is 5.97 Å². The highest BCUT2D eigenvalue weighted by molar-refractivity contribution is 6.05. The number of hydrogen-bond acceptors (Lipinski definition) is 7. The number of pyridine rings is 1. The lowest BCUT2D eigenvalue weighted by molar-refractivity contribution is -0.121. The fourth-order valence-electron chi connectivity index (χ4n) is 3.82. The Morgan fingerprint density at radius 2 is 1.47 bits per heavy atom. The van der Waals surface area contributed by atoms with Crippen molar-refractivity contribution in [2.75, 3.05) is 39.9 Å². The van der Waals surface area contributed by atoms with Gasteiger partial charge in [-0.25, -0.2) is 9.78 Å². The van der Waals surface area contributed by atoms with E-state index < -0.39 is 12.6 Å². The van der Waals surface area contributed by atoms with Crippen molar-refractivity contribution in [2.45, 2.75) is 0 Å². The van der Waals surface area contributed by atoms with Crippen molar-refractivity contribution in [1.29, 1.82) is 0 Å². The standard InChI is InChI=1S/C28H26N2O6/c1-30(19-10-6-5-7-11-19)26(31)17-36-28(32)21-16-23(29-22-13-9-8-12-20(21)22)18-14-24(33-2)27(35-4)25(15-18)34-3/h5-16H,17H2,1-4H3. The third-order valence-electron chi connectivity index (χ3n) is 5.74. The Morgan fingerprint density at radius 1 is 0.833 bits per heavy atom. The molecule has 36 heavy (non-hydrogen) atoms. The summed E-state index contributed by atoms with van der Waals surface area (Å²) >= 11 is 0. The number of para-hydroxylation sites is 2. The van der Waals surface area contributed by atoms with Crippen LogP contribution in [0, 0.1) is 0 Å². The molecule has 1 heterocycles. The molecule has 4 aromatic rings. The topological polar surface area (TPSA) is 87.2 Å². The molecular formula is C28H26N2O6. The van der Waals surface area contributed by atoms with Crippen LogP contribution in [-0.2, 0) is 9.53 Å². The summed E-state index contributed by atoms with van der Waals surface area (Å²) in [5.74, 6) is 0.390. The van der Waals surface area contributed by atoms with Crippen molar-refractivity contribution in [3.63, 3.8) is 0 Å². The highest BCUT2D eigenvalue weighted by atomic mass is 16.5. The van der Waals surface area contributed by atoms with Gasteiger partial charge in [-0.15, -0.1) is 0 Å². The first-order valence-electron chi connectivity index (χ1n) is 11.2. The number of esters is 1. The first-order valence-corrected chi connectivity index (χ1v) is 11.2. The molecule has 0 aliphatic carbocycles. The summed E-state index contributed by atoms with van der Waals surface area (Å²) in [6.45, 7) is -0.402. The molecule has 8 heteroatoms. The molecule has 0 aliphatic rings. The van der Waals surface area contributed by atoms with Crippen LogP contribution in [0.4, 0.5) is 5.69 Å². The minimum absolute atomic E-state index is 0.291. The number of rotatable bonds is 8. The lowest BCUT2D eigenvalue weighted by Crippen LogP contribution is -2.31. The van der Waals surface area contributed by atoms with Crippen LogP contribution in [0.3, 0.4) is 0 Å². The van der Waals surface area contributed by atoms with Gasteiger partial charge in [0.25, 0.3) is 5.91 Å². The monoisotopic (exact) mass is 486 g/mol. The van der Waals surface area contributed by atoms with E-state index in [0.717, 1.165) is 0 Å². The Hall–Kier alpha value is -4.59. The lowest BCUT2D eigenvalue weighted by Gasteiger charge is -2.17. The second-order valence-electron chi connectivity index (χ2n) is 7.85. The molecule has 0 saturated carbocycles. The summed E-state index contributed by atoms with van der Waals surface area (Å²) in [7, 11) is 6.22. The van der Waals surface area contributed by atoms with Gasteiger partial charge in [-0.3, -0.25) is 4.79 Å². The largest absolute Gasteiger partial charge is 0.493 e. The van der Waals surface area contributed by atoms with Gasteiger partial charge in [0, 0.05) is 23.7 Å². The van der Waals surface area contributed by atoms with E-state index in [1.807, 2.05) is 36.4 Å². The van der Waals surface area contributed by atoms with Crippen molar-refractivity contribution in [1.82, 2.24) is 4.98 Å². The van der Waals surface area contributed by atoms with E-state index >= 15 is 0 Å². The number of likely N-dealkylation sites (N-methyl/N-ethyl adjacent to an activating group) is 1. The maximum atomic E-state index is 13.2. The molecule has 8 nitrogen and oxygen atoms in total. The molecule has 0 saturated heterocycles. The van der Waals surface area contributed by atoms with Crippen LogP contribution in [0.25, 0.3) is 22.2 Å². The predicted molar refractivity (Wildman–Crippen MR) is 137 cm³/mol. The van der Waals surface area contributed by atoms with Crippen LogP contribution >= 0.6 is 0 Å². The number of benzene rings is 3. The Balaban J connectivity index is 1.67. The van der Waals surface area contributed by atoms with Crippen LogP contribution in [-0.4, -0.2) is 51.8 Å². The summed E-state index contributed by atoms with van der Waals surface area (Å²) in [6, 6.07) is 21.5. The van der Waals surface area contributed by atoms with Gasteiger partial charge in [0.1, 0.15) is 0 Å². The van der Waals surface area contributed by atoms with E-state index in [0.29, 0.717) is 50.7 Å². The number of fused-ring (bicyclic) bond motifs is 1. The number of aromatic nitrogens is 1. The molecule has 184 valence electrons. The van der Waals surface area contributed by atoms with Gasteiger partial charge < -0.3 is 23.8 Å². The molecule has 1 aromatic heterocycles. The number of ether oxygens (including phenoxy) is 4. The SMILES string of the molecule is COc1cc(-c2cc(C(=O)OCC(=O)N(C)c3ccccc3)c3ccccc3n2)cc(OC)c1OC. The summed E-state index contributed by atoms with van der Waals surface area (Å²) in [4.78, 5) is 32.0. The number of amides is 1. The summed E-state index contributed by atoms with van der Waals surface area (Å²) in [6.07, 6.45) is 0. The van der Waals surface area contributed by atoms with E-state index in [1.165, 1.54) is 26.2 Å². The van der Waals surface area contributed by atoms with Gasteiger partial charge in [-0.05, 0) is 36.4 Å². The fraction of sp³-hybridized carbons (Fsp3) is 0.179. The summed E-state index contributed by atoms with van der Waals surface area (Å²) < 4.78 is 21.8. The molecular weight excluding hydrogens is 460 g/mol. The van der Waals surface area contributed by atoms with Crippen LogP contribution in [0.15, 0.2) is 72.8 Å². The minimum Gasteiger partial charge on any atom is -0.493 e. The lowest BCUT2D eigenvalue weighted by atomic mass is 10.0. The zero-order valence-electron chi connectivity index (χ0n) is 20.5. The fourth-order valence-corrected chi connectivity index (χ4v) is 3.82. The summed E-state index contributed by atoms with van der Waals surface area (Å²) in [5.41, 5.74) is 2.76. The first kappa shape index (κ1) is 24.5. The van der Waals surface area contributed by atoms with E-state index in [4.69, 9.17) is 23.9 Å².